The van der Waals surface area contributed by atoms with Crippen molar-refractivity contribution in [2.75, 3.05) is 37.0 Å². The van der Waals surface area contributed by atoms with E-state index in [0.717, 1.165) is 22.7 Å². The van der Waals surface area contributed by atoms with E-state index >= 15 is 0 Å². The van der Waals surface area contributed by atoms with Crippen LogP contribution in [0.15, 0.2) is 79.8 Å². The van der Waals surface area contributed by atoms with Crippen molar-refractivity contribution in [3.05, 3.63) is 85.5 Å². The van der Waals surface area contributed by atoms with Gasteiger partial charge in [0, 0.05) is 36.1 Å². The average Bonchev–Trinajstić information content (AvgIpc) is 2.95. The van der Waals surface area contributed by atoms with Crippen molar-refractivity contribution in [3.63, 3.8) is 0 Å². The number of nitrogens with zero attached hydrogens (tertiary/aromatic N) is 3. The number of anilines is 3. The molecule has 0 fully saturated rings. The van der Waals surface area contributed by atoms with Gasteiger partial charge in [-0.3, -0.25) is 14.6 Å². The number of likely N-dealkylation sites (N-methyl/N-ethyl adjacent to an activating group) is 1. The minimum Gasteiger partial charge on any atom is -0.396 e. The summed E-state index contributed by atoms with van der Waals surface area (Å²) in [5.41, 5.74) is 8.45. The maximum Gasteiger partial charge on any atom is 0.247 e. The van der Waals surface area contributed by atoms with Crippen LogP contribution in [0.25, 0.3) is 22.2 Å². The molecule has 2 aromatic heterocycles. The zero-order valence-electron chi connectivity index (χ0n) is 20.6. The Bertz CT molecular complexity index is 1340. The maximum atomic E-state index is 11.6. The first-order valence-corrected chi connectivity index (χ1v) is 11.2. The number of benzene rings is 2. The van der Waals surface area contributed by atoms with Gasteiger partial charge in [0.05, 0.1) is 24.1 Å². The number of rotatable bonds is 7. The van der Waals surface area contributed by atoms with Gasteiger partial charge in [0.1, 0.15) is 12.0 Å². The van der Waals surface area contributed by atoms with Gasteiger partial charge < -0.3 is 26.5 Å². The molecule has 1 amide bonds. The van der Waals surface area contributed by atoms with Crippen LogP contribution in [0.3, 0.4) is 0 Å². The van der Waals surface area contributed by atoms with E-state index in [9.17, 15) is 14.4 Å². The largest absolute Gasteiger partial charge is 0.396 e. The van der Waals surface area contributed by atoms with E-state index < -0.39 is 0 Å². The number of nitrogens with one attached hydrogen (secondary N) is 3. The lowest BCUT2D eigenvalue weighted by Crippen LogP contribution is -2.07. The van der Waals surface area contributed by atoms with Crippen molar-refractivity contribution in [1.29, 1.82) is 0 Å². The van der Waals surface area contributed by atoms with Gasteiger partial charge in [0.15, 0.2) is 12.1 Å². The fourth-order valence-corrected chi connectivity index (χ4v) is 2.94. The summed E-state index contributed by atoms with van der Waals surface area (Å²) in [7, 11) is 3.60. The first kappa shape index (κ1) is 28.3. The third-order valence-corrected chi connectivity index (χ3v) is 4.78. The van der Waals surface area contributed by atoms with E-state index in [1.165, 1.54) is 12.3 Å². The number of fused-ring (bicyclic) bond motifs is 1. The molecule has 0 atom stereocenters. The third-order valence-electron chi connectivity index (χ3n) is 4.78. The summed E-state index contributed by atoms with van der Waals surface area (Å²) in [6, 6.07) is 15.0. The second-order valence-corrected chi connectivity index (χ2v) is 7.30. The zero-order chi connectivity index (χ0) is 27.0. The minimum atomic E-state index is -0.292. The van der Waals surface area contributed by atoms with Crippen LogP contribution in [0.4, 0.5) is 17.1 Å². The molecule has 0 aliphatic carbocycles. The van der Waals surface area contributed by atoms with Gasteiger partial charge in [0.2, 0.25) is 5.91 Å². The zero-order valence-corrected chi connectivity index (χ0v) is 20.6. The van der Waals surface area contributed by atoms with Crippen molar-refractivity contribution in [3.8, 4) is 11.4 Å². The van der Waals surface area contributed by atoms with E-state index in [4.69, 9.17) is 5.73 Å². The van der Waals surface area contributed by atoms with Gasteiger partial charge >= 0.3 is 0 Å². The second-order valence-electron chi connectivity index (χ2n) is 7.30. The van der Waals surface area contributed by atoms with Crippen LogP contribution in [0.1, 0.15) is 10.5 Å². The van der Waals surface area contributed by atoms with Crippen LogP contribution in [-0.2, 0) is 9.59 Å². The number of amides is 1. The molecule has 4 rings (SSSR count). The summed E-state index contributed by atoms with van der Waals surface area (Å²) < 4.78 is 0. The highest BCUT2D eigenvalue weighted by molar-refractivity contribution is 6.06. The van der Waals surface area contributed by atoms with Crippen molar-refractivity contribution in [2.24, 2.45) is 0 Å². The summed E-state index contributed by atoms with van der Waals surface area (Å²) >= 11 is 0. The molecule has 10 heteroatoms. The highest BCUT2D eigenvalue weighted by Gasteiger charge is 2.09. The van der Waals surface area contributed by atoms with Gasteiger partial charge in [-0.2, -0.15) is 0 Å². The van der Waals surface area contributed by atoms with Gasteiger partial charge in [-0.1, -0.05) is 30.8 Å². The van der Waals surface area contributed by atoms with Gasteiger partial charge in [-0.05, 0) is 42.8 Å². The number of carbonyl (C=O) groups excluding carboxylic acids is 3. The predicted molar refractivity (Wildman–Crippen MR) is 147 cm³/mol. The predicted octanol–water partition coefficient (Wildman–Crippen LogP) is 3.34. The fraction of sp³-hybridized carbons (Fsp3) is 0.111. The molecule has 0 spiro atoms. The van der Waals surface area contributed by atoms with Crippen LogP contribution < -0.4 is 21.7 Å². The van der Waals surface area contributed by atoms with Gasteiger partial charge in [-0.15, -0.1) is 0 Å². The molecule has 0 unspecified atom stereocenters. The summed E-state index contributed by atoms with van der Waals surface area (Å²) in [6.07, 6.45) is 7.56. The number of aromatic nitrogens is 3. The number of nitrogens with two attached hydrogens (primary N) is 1. The molecule has 4 aromatic rings. The molecule has 0 saturated carbocycles. The van der Waals surface area contributed by atoms with Crippen molar-refractivity contribution in [1.82, 2.24) is 20.3 Å². The van der Waals surface area contributed by atoms with Crippen LogP contribution >= 0.6 is 0 Å². The minimum absolute atomic E-state index is 0.147. The molecule has 0 bridgehead atoms. The molecular formula is C27H29N7O3. The van der Waals surface area contributed by atoms with E-state index in [1.54, 1.807) is 25.5 Å². The molecule has 2 heterocycles. The summed E-state index contributed by atoms with van der Waals surface area (Å²) in [5.74, 6) is 0.0953. The highest BCUT2D eigenvalue weighted by atomic mass is 16.1. The van der Waals surface area contributed by atoms with Crippen LogP contribution in [0.2, 0.25) is 0 Å². The van der Waals surface area contributed by atoms with Crippen molar-refractivity contribution < 1.29 is 14.4 Å². The fourth-order valence-electron chi connectivity index (χ4n) is 2.94. The Morgan fingerprint density at radius 3 is 2.46 bits per heavy atom. The summed E-state index contributed by atoms with van der Waals surface area (Å²) in [4.78, 5) is 44.2. The number of carbonyl (C=O) groups is 3. The molecule has 0 radical (unpaired) electrons. The monoisotopic (exact) mass is 499 g/mol. The van der Waals surface area contributed by atoms with Gasteiger partial charge in [0.25, 0.3) is 0 Å². The smallest absolute Gasteiger partial charge is 0.247 e. The summed E-state index contributed by atoms with van der Waals surface area (Å²) in [6.45, 7) is 3.91. The normalized spacial score (nSPS) is 9.57. The highest BCUT2D eigenvalue weighted by Crippen LogP contribution is 2.28. The molecule has 37 heavy (non-hydrogen) atoms. The molecule has 10 nitrogen and oxygen atoms in total. The Labute approximate surface area is 215 Å². The molecule has 5 N–H and O–H groups in total. The number of hydrogen-bond acceptors (Lipinski definition) is 9. The van der Waals surface area contributed by atoms with E-state index in [2.05, 4.69) is 37.5 Å². The lowest BCUT2D eigenvalue weighted by Gasteiger charge is -2.09. The standard InChI is InChI=1S/C18H14N4O2.C6H8N2.C3H7NO/c1-2-17(24)21-15-5-3-4-11-6-7-12(8-13(11)15)18-20-9-14(19)16(10-23)22-18;1-7-6-3-2-4-8-5-6;1-4-2-3-5/h2-10H,1,19H2,(H,21,24);2-5,7H,1H3;3-4H,2H2,1H3. The second kappa shape index (κ2) is 15.1. The molecular weight excluding hydrogens is 470 g/mol. The number of aldehydes is 2. The van der Waals surface area contributed by atoms with Crippen molar-refractivity contribution in [2.45, 2.75) is 0 Å². The average molecular weight is 500 g/mol. The third kappa shape index (κ3) is 8.64. The Morgan fingerprint density at radius 2 is 1.89 bits per heavy atom. The van der Waals surface area contributed by atoms with Crippen molar-refractivity contribution >= 4 is 46.3 Å². The van der Waals surface area contributed by atoms with E-state index in [-0.39, 0.29) is 17.3 Å². The molecule has 2 aromatic carbocycles. The summed E-state index contributed by atoms with van der Waals surface area (Å²) in [5, 5.41) is 10.2. The Balaban J connectivity index is 0.000000304. The Hall–Kier alpha value is -4.96. The first-order valence-electron chi connectivity index (χ1n) is 11.2. The quantitative estimate of drug-likeness (QED) is 0.221. The topological polar surface area (TPSA) is 152 Å². The maximum absolute atomic E-state index is 11.6. The molecule has 0 aliphatic rings. The van der Waals surface area contributed by atoms with Gasteiger partial charge in [-0.25, -0.2) is 9.97 Å². The molecule has 0 saturated heterocycles. The number of hydrogen-bond donors (Lipinski definition) is 4. The van der Waals surface area contributed by atoms with E-state index in [0.29, 0.717) is 29.9 Å². The van der Waals surface area contributed by atoms with Crippen LogP contribution in [0, 0.1) is 0 Å². The molecule has 0 aliphatic heterocycles. The van der Waals surface area contributed by atoms with E-state index in [1.807, 2.05) is 49.5 Å². The SMILES string of the molecule is C=CC(=O)Nc1cccc2ccc(-c3ncc(N)c(C=O)n3)cc12.CNCC=O.CNc1cccnc1. The lowest BCUT2D eigenvalue weighted by atomic mass is 10.0. The lowest BCUT2D eigenvalue weighted by molar-refractivity contribution is -0.112. The Kier molecular flexibility index (Phi) is 11.6. The number of nitrogen functional groups attached to an aromatic ring is 1. The first-order chi connectivity index (χ1) is 18.0. The van der Waals surface area contributed by atoms with Crippen LogP contribution in [-0.4, -0.2) is 54.1 Å². The Morgan fingerprint density at radius 1 is 1.08 bits per heavy atom. The molecule has 190 valence electrons. The number of pyridine rings is 1. The van der Waals surface area contributed by atoms with Crippen LogP contribution in [0.5, 0.6) is 0 Å².